The van der Waals surface area contributed by atoms with E-state index in [4.69, 9.17) is 4.42 Å². The summed E-state index contributed by atoms with van der Waals surface area (Å²) < 4.78 is 5.22. The molecule has 1 aromatic rings. The normalized spacial score (nSPS) is 11.2. The monoisotopic (exact) mass is 280 g/mol. The second-order valence-corrected chi connectivity index (χ2v) is 4.30. The van der Waals surface area contributed by atoms with Crippen LogP contribution in [0.3, 0.4) is 0 Å². The molecule has 1 rings (SSSR count). The number of hydrogen-bond donors (Lipinski definition) is 3. The van der Waals surface area contributed by atoms with Crippen molar-refractivity contribution in [1.82, 2.24) is 16.0 Å². The first-order valence-corrected chi connectivity index (χ1v) is 7.07. The molecule has 6 heteroatoms. The fraction of sp³-hybridized carbons (Fsp3) is 0.571. The van der Waals surface area contributed by atoms with Gasteiger partial charge in [0.1, 0.15) is 12.3 Å². The molecule has 0 aliphatic carbocycles. The lowest BCUT2D eigenvalue weighted by Gasteiger charge is -2.10. The number of amides is 1. The Labute approximate surface area is 120 Å². The zero-order chi connectivity index (χ0) is 14.6. The Hall–Kier alpha value is -1.98. The number of nitrogens with zero attached hydrogens (tertiary/aromatic N) is 1. The summed E-state index contributed by atoms with van der Waals surface area (Å²) in [6.07, 6.45) is 3.01. The first-order chi connectivity index (χ1) is 9.76. The average molecular weight is 280 g/mol. The standard InChI is InChI=1S/C14H24N4O2/c1-3-8-16-13(19)7-9-17-14(15-4-2)18-11-12-6-5-10-20-12/h5-6,10H,3-4,7-9,11H2,1-2H3,(H,16,19)(H2,15,17,18). The number of furan rings is 1. The smallest absolute Gasteiger partial charge is 0.221 e. The van der Waals surface area contributed by atoms with Crippen LogP contribution in [0.1, 0.15) is 32.4 Å². The van der Waals surface area contributed by atoms with Crippen LogP contribution in [0.15, 0.2) is 27.8 Å². The molecule has 0 saturated heterocycles. The van der Waals surface area contributed by atoms with Gasteiger partial charge in [0.2, 0.25) is 5.91 Å². The molecule has 0 atom stereocenters. The summed E-state index contributed by atoms with van der Waals surface area (Å²) in [5.41, 5.74) is 0. The van der Waals surface area contributed by atoms with Gasteiger partial charge >= 0.3 is 0 Å². The van der Waals surface area contributed by atoms with E-state index in [1.807, 2.05) is 26.0 Å². The molecule has 0 radical (unpaired) electrons. The van der Waals surface area contributed by atoms with Crippen LogP contribution < -0.4 is 16.0 Å². The summed E-state index contributed by atoms with van der Waals surface area (Å²) in [5.74, 6) is 1.55. The van der Waals surface area contributed by atoms with E-state index in [1.165, 1.54) is 0 Å². The highest BCUT2D eigenvalue weighted by atomic mass is 16.3. The van der Waals surface area contributed by atoms with Crippen molar-refractivity contribution in [3.05, 3.63) is 24.2 Å². The molecular weight excluding hydrogens is 256 g/mol. The minimum absolute atomic E-state index is 0.0567. The maximum absolute atomic E-state index is 11.5. The van der Waals surface area contributed by atoms with Gasteiger partial charge in [0.25, 0.3) is 0 Å². The minimum atomic E-state index is 0.0567. The van der Waals surface area contributed by atoms with Gasteiger partial charge in [-0.15, -0.1) is 0 Å². The van der Waals surface area contributed by atoms with Crippen molar-refractivity contribution in [3.8, 4) is 0 Å². The number of guanidine groups is 1. The Balaban J connectivity index is 2.31. The fourth-order valence-electron chi connectivity index (χ4n) is 1.55. The molecule has 1 amide bonds. The van der Waals surface area contributed by atoms with Crippen LogP contribution in [0, 0.1) is 0 Å². The summed E-state index contributed by atoms with van der Waals surface area (Å²) in [6, 6.07) is 3.72. The molecule has 6 nitrogen and oxygen atoms in total. The van der Waals surface area contributed by atoms with E-state index in [2.05, 4.69) is 20.9 Å². The molecule has 0 fully saturated rings. The van der Waals surface area contributed by atoms with Crippen LogP contribution in [0.2, 0.25) is 0 Å². The maximum atomic E-state index is 11.5. The van der Waals surface area contributed by atoms with Crippen molar-refractivity contribution in [2.75, 3.05) is 19.6 Å². The van der Waals surface area contributed by atoms with Gasteiger partial charge in [-0.2, -0.15) is 0 Å². The second kappa shape index (κ2) is 9.89. The highest BCUT2D eigenvalue weighted by molar-refractivity contribution is 5.81. The molecule has 0 unspecified atom stereocenters. The molecule has 0 saturated carbocycles. The minimum Gasteiger partial charge on any atom is -0.467 e. The van der Waals surface area contributed by atoms with E-state index in [0.717, 1.165) is 25.3 Å². The van der Waals surface area contributed by atoms with Crippen LogP contribution >= 0.6 is 0 Å². The number of rotatable bonds is 8. The predicted molar refractivity (Wildman–Crippen MR) is 79.4 cm³/mol. The highest BCUT2D eigenvalue weighted by Gasteiger charge is 2.02. The van der Waals surface area contributed by atoms with Gasteiger partial charge < -0.3 is 20.4 Å². The van der Waals surface area contributed by atoms with E-state index in [0.29, 0.717) is 25.5 Å². The molecular formula is C14H24N4O2. The third kappa shape index (κ3) is 6.82. The Bertz CT molecular complexity index is 401. The van der Waals surface area contributed by atoms with E-state index in [9.17, 15) is 4.79 Å². The summed E-state index contributed by atoms with van der Waals surface area (Å²) >= 11 is 0. The molecule has 0 aromatic carbocycles. The lowest BCUT2D eigenvalue weighted by molar-refractivity contribution is -0.120. The van der Waals surface area contributed by atoms with Gasteiger partial charge in [0, 0.05) is 26.1 Å². The van der Waals surface area contributed by atoms with Crippen molar-refractivity contribution >= 4 is 11.9 Å². The van der Waals surface area contributed by atoms with E-state index >= 15 is 0 Å². The molecule has 1 heterocycles. The summed E-state index contributed by atoms with van der Waals surface area (Å²) in [7, 11) is 0. The average Bonchev–Trinajstić information content (AvgIpc) is 2.95. The third-order valence-corrected chi connectivity index (χ3v) is 2.53. The Morgan fingerprint density at radius 3 is 2.75 bits per heavy atom. The van der Waals surface area contributed by atoms with Gasteiger partial charge in [0.05, 0.1) is 6.26 Å². The van der Waals surface area contributed by atoms with E-state index in [1.54, 1.807) is 6.26 Å². The van der Waals surface area contributed by atoms with Gasteiger partial charge in [-0.25, -0.2) is 4.99 Å². The van der Waals surface area contributed by atoms with Crippen molar-refractivity contribution in [2.45, 2.75) is 33.2 Å². The molecule has 0 aliphatic heterocycles. The molecule has 112 valence electrons. The van der Waals surface area contributed by atoms with Crippen LogP contribution in [0.25, 0.3) is 0 Å². The van der Waals surface area contributed by atoms with E-state index < -0.39 is 0 Å². The number of nitrogens with one attached hydrogen (secondary N) is 3. The topological polar surface area (TPSA) is 78.7 Å². The number of aliphatic imine (C=N–C) groups is 1. The van der Waals surface area contributed by atoms with Crippen LogP contribution in [-0.2, 0) is 11.3 Å². The first-order valence-electron chi connectivity index (χ1n) is 7.07. The van der Waals surface area contributed by atoms with Crippen LogP contribution in [-0.4, -0.2) is 31.5 Å². The molecule has 3 N–H and O–H groups in total. The van der Waals surface area contributed by atoms with Crippen LogP contribution in [0.4, 0.5) is 0 Å². The molecule has 0 aliphatic rings. The largest absolute Gasteiger partial charge is 0.467 e. The summed E-state index contributed by atoms with van der Waals surface area (Å²) in [4.78, 5) is 15.8. The lowest BCUT2D eigenvalue weighted by atomic mass is 10.4. The fourth-order valence-corrected chi connectivity index (χ4v) is 1.55. The summed E-state index contributed by atoms with van der Waals surface area (Å²) in [6.45, 7) is 6.56. The Morgan fingerprint density at radius 1 is 1.25 bits per heavy atom. The number of carbonyl (C=O) groups is 1. The quantitative estimate of drug-likeness (QED) is 0.495. The SMILES string of the molecule is CCCNC(=O)CCNC(=NCc1ccco1)NCC. The predicted octanol–water partition coefficient (Wildman–Crippen LogP) is 1.25. The number of carbonyl (C=O) groups excluding carboxylic acids is 1. The third-order valence-electron chi connectivity index (χ3n) is 2.53. The van der Waals surface area contributed by atoms with Crippen molar-refractivity contribution in [3.63, 3.8) is 0 Å². The summed E-state index contributed by atoms with van der Waals surface area (Å²) in [5, 5.41) is 9.09. The van der Waals surface area contributed by atoms with Gasteiger partial charge in [-0.1, -0.05) is 6.92 Å². The van der Waals surface area contributed by atoms with E-state index in [-0.39, 0.29) is 5.91 Å². The van der Waals surface area contributed by atoms with Gasteiger partial charge in [-0.3, -0.25) is 4.79 Å². The highest BCUT2D eigenvalue weighted by Crippen LogP contribution is 2.00. The van der Waals surface area contributed by atoms with Crippen LogP contribution in [0.5, 0.6) is 0 Å². The van der Waals surface area contributed by atoms with Gasteiger partial charge in [-0.05, 0) is 25.5 Å². The van der Waals surface area contributed by atoms with Crippen molar-refractivity contribution in [2.24, 2.45) is 4.99 Å². The number of hydrogen-bond acceptors (Lipinski definition) is 3. The molecule has 1 aromatic heterocycles. The zero-order valence-corrected chi connectivity index (χ0v) is 12.2. The van der Waals surface area contributed by atoms with Gasteiger partial charge in [0.15, 0.2) is 5.96 Å². The molecule has 20 heavy (non-hydrogen) atoms. The second-order valence-electron chi connectivity index (χ2n) is 4.30. The molecule has 0 bridgehead atoms. The Morgan fingerprint density at radius 2 is 2.10 bits per heavy atom. The van der Waals surface area contributed by atoms with Crippen molar-refractivity contribution in [1.29, 1.82) is 0 Å². The Kier molecular flexibility index (Phi) is 7.95. The maximum Gasteiger partial charge on any atom is 0.221 e. The zero-order valence-electron chi connectivity index (χ0n) is 12.2. The van der Waals surface area contributed by atoms with Crippen molar-refractivity contribution < 1.29 is 9.21 Å². The molecule has 0 spiro atoms. The first kappa shape index (κ1) is 16.1. The lowest BCUT2D eigenvalue weighted by Crippen LogP contribution is -2.39.